The van der Waals surface area contributed by atoms with E-state index in [0.29, 0.717) is 5.69 Å². The summed E-state index contributed by atoms with van der Waals surface area (Å²) in [6.07, 6.45) is -1.08. The zero-order chi connectivity index (χ0) is 18.8. The molecule has 0 aliphatic rings. The number of rotatable bonds is 5. The van der Waals surface area contributed by atoms with Crippen LogP contribution in [0.3, 0.4) is 0 Å². The molecule has 0 unspecified atom stereocenters. The molecule has 0 spiro atoms. The van der Waals surface area contributed by atoms with Crippen LogP contribution < -0.4 is 5.32 Å². The lowest BCUT2D eigenvalue weighted by Crippen LogP contribution is -2.24. The van der Waals surface area contributed by atoms with Crippen LogP contribution in [0.15, 0.2) is 55.6 Å². The number of amides is 1. The summed E-state index contributed by atoms with van der Waals surface area (Å²) in [6.45, 7) is 16.2. The molecule has 0 aliphatic heterocycles. The molecular formula is C22H25NO2. The van der Waals surface area contributed by atoms with Crippen molar-refractivity contribution in [2.45, 2.75) is 33.1 Å². The zero-order valence-corrected chi connectivity index (χ0v) is 15.3. The molecule has 2 N–H and O–H groups in total. The van der Waals surface area contributed by atoms with Gasteiger partial charge in [-0.2, -0.15) is 0 Å². The molecular weight excluding hydrogens is 310 g/mol. The number of hydrogen-bond donors (Lipinski definition) is 2. The summed E-state index contributed by atoms with van der Waals surface area (Å²) in [5, 5.41) is 11.8. The molecule has 2 aromatic rings. The van der Waals surface area contributed by atoms with Gasteiger partial charge in [0, 0.05) is 11.1 Å². The molecule has 0 radical (unpaired) electrons. The molecule has 2 aromatic carbocycles. The van der Waals surface area contributed by atoms with Crippen molar-refractivity contribution in [2.75, 3.05) is 5.32 Å². The molecule has 0 fully saturated rings. The highest BCUT2D eigenvalue weighted by molar-refractivity contribution is 5.87. The highest BCUT2D eigenvalue weighted by Gasteiger charge is 2.29. The quantitative estimate of drug-likeness (QED) is 0.686. The van der Waals surface area contributed by atoms with Gasteiger partial charge < -0.3 is 5.11 Å². The van der Waals surface area contributed by atoms with Crippen molar-refractivity contribution in [3.63, 3.8) is 0 Å². The third kappa shape index (κ3) is 3.82. The molecule has 3 heteroatoms. The number of carbonyl (C=O) groups is 1. The second-order valence-electron chi connectivity index (χ2n) is 6.92. The minimum Gasteiger partial charge on any atom is -0.465 e. The van der Waals surface area contributed by atoms with Gasteiger partial charge in [0.15, 0.2) is 0 Å². The average molecular weight is 335 g/mol. The van der Waals surface area contributed by atoms with Crippen LogP contribution in [0.5, 0.6) is 0 Å². The minimum atomic E-state index is -1.08. The summed E-state index contributed by atoms with van der Waals surface area (Å²) in [4.78, 5) is 11.3. The van der Waals surface area contributed by atoms with Crippen LogP contribution in [-0.4, -0.2) is 11.2 Å². The van der Waals surface area contributed by atoms with E-state index < -0.39 is 11.5 Å². The van der Waals surface area contributed by atoms with Crippen molar-refractivity contribution in [3.8, 4) is 0 Å². The highest BCUT2D eigenvalue weighted by atomic mass is 16.4. The second kappa shape index (κ2) is 6.98. The molecule has 3 nitrogen and oxygen atoms in total. The highest BCUT2D eigenvalue weighted by Crippen LogP contribution is 2.41. The van der Waals surface area contributed by atoms with E-state index in [1.807, 2.05) is 38.1 Å². The van der Waals surface area contributed by atoms with Gasteiger partial charge in [0.05, 0.1) is 0 Å². The van der Waals surface area contributed by atoms with E-state index in [-0.39, 0.29) is 0 Å². The van der Waals surface area contributed by atoms with E-state index in [9.17, 15) is 9.90 Å². The first kappa shape index (κ1) is 18.5. The smallest absolute Gasteiger partial charge is 0.409 e. The van der Waals surface area contributed by atoms with Crippen molar-refractivity contribution in [2.24, 2.45) is 0 Å². The van der Waals surface area contributed by atoms with Crippen LogP contribution in [0.4, 0.5) is 10.5 Å². The Hall–Kier alpha value is -2.81. The van der Waals surface area contributed by atoms with Gasteiger partial charge >= 0.3 is 6.09 Å². The number of anilines is 1. The fourth-order valence-corrected chi connectivity index (χ4v) is 3.12. The number of carboxylic acid groups (broad SMARTS) is 1. The Balaban J connectivity index is 2.73. The maximum atomic E-state index is 11.3. The summed E-state index contributed by atoms with van der Waals surface area (Å²) >= 11 is 0. The first-order chi connectivity index (χ1) is 11.6. The maximum Gasteiger partial charge on any atom is 0.409 e. The van der Waals surface area contributed by atoms with Crippen LogP contribution >= 0.6 is 0 Å². The number of allylic oxidation sites excluding steroid dienone is 2. The lowest BCUT2D eigenvalue weighted by Gasteiger charge is -2.31. The summed E-state index contributed by atoms with van der Waals surface area (Å²) in [5.74, 6) is 0. The molecule has 0 atom stereocenters. The normalized spacial score (nSPS) is 11.0. The Morgan fingerprint density at radius 3 is 2.24 bits per heavy atom. The molecule has 25 heavy (non-hydrogen) atoms. The minimum absolute atomic E-state index is 0.418. The Labute approximate surface area is 149 Å². The Morgan fingerprint density at radius 2 is 1.68 bits per heavy atom. The van der Waals surface area contributed by atoms with Crippen LogP contribution in [0.1, 0.15) is 49.9 Å². The molecule has 1 amide bonds. The molecule has 130 valence electrons. The van der Waals surface area contributed by atoms with Crippen LogP contribution in [0.25, 0.3) is 11.1 Å². The second-order valence-corrected chi connectivity index (χ2v) is 6.92. The Bertz CT molecular complexity index is 847. The van der Waals surface area contributed by atoms with Crippen molar-refractivity contribution < 1.29 is 9.90 Å². The third-order valence-electron chi connectivity index (χ3n) is 4.47. The van der Waals surface area contributed by atoms with E-state index in [0.717, 1.165) is 33.4 Å². The predicted molar refractivity (Wildman–Crippen MR) is 106 cm³/mol. The standard InChI is InChI=1S/C22H25NO2/c1-14(2)16-9-7-10-17(13-16)22(5,6)20-18(15(3)4)11-8-12-19(20)23-21(24)25/h7-13,23H,1,3H2,2,4-6H3,(H,24,25). The SMILES string of the molecule is C=C(C)c1cccc(C(C)(C)c2c(NC(=O)O)cccc2C(=C)C)c1. The molecule has 2 rings (SSSR count). The Morgan fingerprint density at radius 1 is 1.04 bits per heavy atom. The van der Waals surface area contributed by atoms with Crippen LogP contribution in [0, 0.1) is 0 Å². The van der Waals surface area contributed by atoms with E-state index >= 15 is 0 Å². The topological polar surface area (TPSA) is 49.3 Å². The fourth-order valence-electron chi connectivity index (χ4n) is 3.12. The molecule has 0 saturated carbocycles. The summed E-state index contributed by atoms with van der Waals surface area (Å²) in [5.41, 5.74) is 6.10. The van der Waals surface area contributed by atoms with Gasteiger partial charge in [-0.1, -0.05) is 74.5 Å². The van der Waals surface area contributed by atoms with Crippen LogP contribution in [0.2, 0.25) is 0 Å². The van der Waals surface area contributed by atoms with Crippen LogP contribution in [-0.2, 0) is 5.41 Å². The molecule has 0 bridgehead atoms. The van der Waals surface area contributed by atoms with Crippen molar-refractivity contribution in [3.05, 3.63) is 77.9 Å². The van der Waals surface area contributed by atoms with E-state index in [4.69, 9.17) is 0 Å². The van der Waals surface area contributed by atoms with Gasteiger partial charge in [-0.3, -0.25) is 5.32 Å². The van der Waals surface area contributed by atoms with Crippen molar-refractivity contribution >= 4 is 22.9 Å². The largest absolute Gasteiger partial charge is 0.465 e. The molecule has 0 aliphatic carbocycles. The first-order valence-electron chi connectivity index (χ1n) is 8.20. The molecule has 0 heterocycles. The van der Waals surface area contributed by atoms with Crippen molar-refractivity contribution in [1.29, 1.82) is 0 Å². The predicted octanol–water partition coefficient (Wildman–Crippen LogP) is 6.17. The third-order valence-corrected chi connectivity index (χ3v) is 4.47. The number of benzene rings is 2. The average Bonchev–Trinajstić information content (AvgIpc) is 2.54. The van der Waals surface area contributed by atoms with Gasteiger partial charge in [0.2, 0.25) is 0 Å². The maximum absolute atomic E-state index is 11.3. The Kier molecular flexibility index (Phi) is 5.17. The van der Waals surface area contributed by atoms with Gasteiger partial charge in [-0.05, 0) is 42.2 Å². The van der Waals surface area contributed by atoms with Gasteiger partial charge in [-0.25, -0.2) is 4.79 Å². The van der Waals surface area contributed by atoms with Gasteiger partial charge in [0.1, 0.15) is 0 Å². The summed E-state index contributed by atoms with van der Waals surface area (Å²) in [6, 6.07) is 13.8. The lowest BCUT2D eigenvalue weighted by atomic mass is 9.73. The zero-order valence-electron chi connectivity index (χ0n) is 15.3. The molecule has 0 aromatic heterocycles. The molecule has 0 saturated heterocycles. The lowest BCUT2D eigenvalue weighted by molar-refractivity contribution is 0.209. The number of hydrogen-bond acceptors (Lipinski definition) is 1. The van der Waals surface area contributed by atoms with Gasteiger partial charge in [-0.15, -0.1) is 0 Å². The fraction of sp³-hybridized carbons (Fsp3) is 0.227. The van der Waals surface area contributed by atoms with E-state index in [2.05, 4.69) is 44.5 Å². The van der Waals surface area contributed by atoms with Crippen molar-refractivity contribution in [1.82, 2.24) is 0 Å². The van der Waals surface area contributed by atoms with E-state index in [1.54, 1.807) is 6.07 Å². The first-order valence-corrected chi connectivity index (χ1v) is 8.20. The monoisotopic (exact) mass is 335 g/mol. The van der Waals surface area contributed by atoms with E-state index in [1.165, 1.54) is 0 Å². The summed E-state index contributed by atoms with van der Waals surface area (Å²) in [7, 11) is 0. The number of nitrogens with one attached hydrogen (secondary N) is 1. The summed E-state index contributed by atoms with van der Waals surface area (Å²) < 4.78 is 0. The van der Waals surface area contributed by atoms with Gasteiger partial charge in [0.25, 0.3) is 0 Å².